The molecule has 0 atom stereocenters. The van der Waals surface area contributed by atoms with Crippen molar-refractivity contribution in [2.24, 2.45) is 0 Å². The molecule has 2 N–H and O–H groups in total. The van der Waals surface area contributed by atoms with Crippen molar-refractivity contribution in [2.45, 2.75) is 0 Å². The Hall–Kier alpha value is -3.60. The molecule has 0 saturated heterocycles. The van der Waals surface area contributed by atoms with Crippen LogP contribution in [0.5, 0.6) is 17.2 Å². The van der Waals surface area contributed by atoms with Crippen LogP contribution in [0, 0.1) is 0 Å². The van der Waals surface area contributed by atoms with Gasteiger partial charge in [-0.1, -0.05) is 30.3 Å². The first-order chi connectivity index (χ1) is 12.0. The van der Waals surface area contributed by atoms with Crippen LogP contribution in [0.3, 0.4) is 0 Å². The quantitative estimate of drug-likeness (QED) is 0.686. The summed E-state index contributed by atoms with van der Waals surface area (Å²) in [6.45, 7) is 0. The molecule has 0 aliphatic rings. The highest BCUT2D eigenvalue weighted by molar-refractivity contribution is 6.10. The molecule has 3 aromatic rings. The molecule has 0 bridgehead atoms. The number of hydrogen-bond donors (Lipinski definition) is 2. The summed E-state index contributed by atoms with van der Waals surface area (Å²) >= 11 is 0. The molecule has 0 aliphatic heterocycles. The molecule has 0 radical (unpaired) electrons. The molecule has 5 nitrogen and oxygen atoms in total. The fourth-order valence-corrected chi connectivity index (χ4v) is 2.31. The highest BCUT2D eigenvalue weighted by Gasteiger charge is 2.14. The Kier molecular flexibility index (Phi) is 4.48. The van der Waals surface area contributed by atoms with Crippen molar-refractivity contribution in [3.63, 3.8) is 0 Å². The molecule has 0 saturated carbocycles. The van der Waals surface area contributed by atoms with E-state index in [2.05, 4.69) is 0 Å². The van der Waals surface area contributed by atoms with Crippen molar-refractivity contribution in [3.05, 3.63) is 89.5 Å². The summed E-state index contributed by atoms with van der Waals surface area (Å²) in [5.41, 5.74) is 0.814. The van der Waals surface area contributed by atoms with Crippen molar-refractivity contribution in [1.29, 1.82) is 0 Å². The maximum Gasteiger partial charge on any atom is 0.335 e. The van der Waals surface area contributed by atoms with Gasteiger partial charge in [-0.2, -0.15) is 0 Å². The molecule has 0 unspecified atom stereocenters. The number of carbonyl (C=O) groups is 2. The van der Waals surface area contributed by atoms with Crippen LogP contribution in [0.1, 0.15) is 26.3 Å². The summed E-state index contributed by atoms with van der Waals surface area (Å²) in [5, 5.41) is 19.0. The van der Waals surface area contributed by atoms with Crippen molar-refractivity contribution < 1.29 is 24.5 Å². The second kappa shape index (κ2) is 6.88. The summed E-state index contributed by atoms with van der Waals surface area (Å²) in [7, 11) is 0. The minimum Gasteiger partial charge on any atom is -0.507 e. The van der Waals surface area contributed by atoms with E-state index in [1.165, 1.54) is 36.4 Å². The maximum absolute atomic E-state index is 12.4. The van der Waals surface area contributed by atoms with E-state index in [9.17, 15) is 14.7 Å². The Balaban J connectivity index is 1.80. The minimum atomic E-state index is -1.02. The number of benzene rings is 3. The van der Waals surface area contributed by atoms with Crippen molar-refractivity contribution in [2.75, 3.05) is 0 Å². The predicted molar refractivity (Wildman–Crippen MR) is 91.5 cm³/mol. The van der Waals surface area contributed by atoms with Gasteiger partial charge in [0, 0.05) is 11.6 Å². The van der Waals surface area contributed by atoms with Gasteiger partial charge in [-0.3, -0.25) is 4.79 Å². The van der Waals surface area contributed by atoms with Crippen LogP contribution in [0.15, 0.2) is 72.8 Å². The lowest BCUT2D eigenvalue weighted by Crippen LogP contribution is -2.01. The smallest absolute Gasteiger partial charge is 0.335 e. The zero-order chi connectivity index (χ0) is 17.8. The topological polar surface area (TPSA) is 83.8 Å². The van der Waals surface area contributed by atoms with Crippen LogP contribution in [0.2, 0.25) is 0 Å². The van der Waals surface area contributed by atoms with Gasteiger partial charge in [0.2, 0.25) is 0 Å². The number of carbonyl (C=O) groups excluding carboxylic acids is 1. The third-order valence-corrected chi connectivity index (χ3v) is 3.59. The number of hydrogen-bond acceptors (Lipinski definition) is 4. The number of carboxylic acids is 1. The second-order valence-electron chi connectivity index (χ2n) is 5.31. The third-order valence-electron chi connectivity index (χ3n) is 3.59. The molecule has 5 heteroatoms. The molecule has 0 heterocycles. The molecule has 0 aliphatic carbocycles. The van der Waals surface area contributed by atoms with Crippen LogP contribution < -0.4 is 4.74 Å². The SMILES string of the molecule is O=C(O)c1ccc(Oc2ccc(C(=O)c3ccccc3)c(O)c2)cc1. The number of phenols is 1. The molecule has 25 heavy (non-hydrogen) atoms. The first-order valence-corrected chi connectivity index (χ1v) is 7.48. The fraction of sp³-hybridized carbons (Fsp3) is 0. The molecule has 0 spiro atoms. The van der Waals surface area contributed by atoms with E-state index in [-0.39, 0.29) is 22.7 Å². The monoisotopic (exact) mass is 334 g/mol. The van der Waals surface area contributed by atoms with E-state index < -0.39 is 5.97 Å². The average Bonchev–Trinajstić information content (AvgIpc) is 2.62. The molecule has 0 aromatic heterocycles. The third kappa shape index (κ3) is 3.67. The normalized spacial score (nSPS) is 10.2. The Bertz CT molecular complexity index is 915. The van der Waals surface area contributed by atoms with E-state index in [1.807, 2.05) is 6.07 Å². The van der Waals surface area contributed by atoms with Gasteiger partial charge in [0.05, 0.1) is 11.1 Å². The van der Waals surface area contributed by atoms with Crippen molar-refractivity contribution in [3.8, 4) is 17.2 Å². The lowest BCUT2D eigenvalue weighted by Gasteiger charge is -2.09. The maximum atomic E-state index is 12.4. The van der Waals surface area contributed by atoms with Gasteiger partial charge in [0.1, 0.15) is 17.2 Å². The molecule has 0 amide bonds. The van der Waals surface area contributed by atoms with Crippen LogP contribution in [0.4, 0.5) is 0 Å². The number of ether oxygens (including phenoxy) is 1. The summed E-state index contributed by atoms with van der Waals surface area (Å²) in [4.78, 5) is 23.2. The van der Waals surface area contributed by atoms with Gasteiger partial charge in [-0.15, -0.1) is 0 Å². The molecule has 0 fully saturated rings. The average molecular weight is 334 g/mol. The van der Waals surface area contributed by atoms with E-state index >= 15 is 0 Å². The van der Waals surface area contributed by atoms with Gasteiger partial charge >= 0.3 is 5.97 Å². The van der Waals surface area contributed by atoms with Gasteiger partial charge in [-0.25, -0.2) is 4.79 Å². The molecule has 3 aromatic carbocycles. The van der Waals surface area contributed by atoms with Crippen LogP contribution >= 0.6 is 0 Å². The van der Waals surface area contributed by atoms with Crippen LogP contribution in [0.25, 0.3) is 0 Å². The summed E-state index contributed by atoms with van der Waals surface area (Å²) in [6.07, 6.45) is 0. The first-order valence-electron chi connectivity index (χ1n) is 7.48. The molecular formula is C20H14O5. The molecule has 124 valence electrons. The zero-order valence-corrected chi connectivity index (χ0v) is 13.0. The minimum absolute atomic E-state index is 0.152. The Morgan fingerprint density at radius 1 is 0.760 bits per heavy atom. The summed E-state index contributed by atoms with van der Waals surface area (Å²) < 4.78 is 5.57. The van der Waals surface area contributed by atoms with Gasteiger partial charge < -0.3 is 14.9 Å². The number of rotatable bonds is 5. The second-order valence-corrected chi connectivity index (χ2v) is 5.31. The Labute approximate surface area is 143 Å². The Morgan fingerprint density at radius 3 is 2.00 bits per heavy atom. The summed E-state index contributed by atoms with van der Waals surface area (Å²) in [5.74, 6) is -0.728. The number of aromatic carboxylic acids is 1. The van der Waals surface area contributed by atoms with Gasteiger partial charge in [-0.05, 0) is 36.4 Å². The molecule has 3 rings (SSSR count). The van der Waals surface area contributed by atoms with E-state index in [0.29, 0.717) is 17.1 Å². The van der Waals surface area contributed by atoms with Gasteiger partial charge in [0.25, 0.3) is 0 Å². The van der Waals surface area contributed by atoms with Crippen LogP contribution in [-0.2, 0) is 0 Å². The molecular weight excluding hydrogens is 320 g/mol. The zero-order valence-electron chi connectivity index (χ0n) is 13.0. The van der Waals surface area contributed by atoms with Crippen molar-refractivity contribution >= 4 is 11.8 Å². The standard InChI is InChI=1S/C20H14O5/c21-18-12-16(25-15-8-6-14(7-9-15)20(23)24)10-11-17(18)19(22)13-4-2-1-3-5-13/h1-12,21H,(H,23,24). The lowest BCUT2D eigenvalue weighted by atomic mass is 10.0. The predicted octanol–water partition coefficient (Wildman–Crippen LogP) is 4.11. The highest BCUT2D eigenvalue weighted by atomic mass is 16.5. The first kappa shape index (κ1) is 16.3. The highest BCUT2D eigenvalue weighted by Crippen LogP contribution is 2.29. The number of aromatic hydroxyl groups is 1. The lowest BCUT2D eigenvalue weighted by molar-refractivity contribution is 0.0696. The largest absolute Gasteiger partial charge is 0.507 e. The summed E-state index contributed by atoms with van der Waals surface area (Å²) in [6, 6.07) is 19.0. The number of carboxylic acid groups (broad SMARTS) is 1. The van der Waals surface area contributed by atoms with E-state index in [4.69, 9.17) is 9.84 Å². The van der Waals surface area contributed by atoms with E-state index in [1.54, 1.807) is 30.3 Å². The van der Waals surface area contributed by atoms with Crippen LogP contribution in [-0.4, -0.2) is 22.0 Å². The van der Waals surface area contributed by atoms with Gasteiger partial charge in [0.15, 0.2) is 5.78 Å². The van der Waals surface area contributed by atoms with Crippen molar-refractivity contribution in [1.82, 2.24) is 0 Å². The number of phenolic OH excluding ortho intramolecular Hbond substituents is 1. The number of ketones is 1. The van der Waals surface area contributed by atoms with E-state index in [0.717, 1.165) is 0 Å². The fourth-order valence-electron chi connectivity index (χ4n) is 2.31. The Morgan fingerprint density at radius 2 is 1.40 bits per heavy atom.